The highest BCUT2D eigenvalue weighted by Crippen LogP contribution is 2.27. The van der Waals surface area contributed by atoms with Crippen molar-refractivity contribution in [1.29, 1.82) is 0 Å². The molecule has 0 amide bonds. The lowest BCUT2D eigenvalue weighted by molar-refractivity contribution is 0.305. The molecule has 3 N–H and O–H groups in total. The van der Waals surface area contributed by atoms with Crippen LogP contribution in [0.15, 0.2) is 0 Å². The van der Waals surface area contributed by atoms with Crippen molar-refractivity contribution in [3.8, 4) is 5.88 Å². The van der Waals surface area contributed by atoms with Crippen LogP contribution < -0.4 is 15.8 Å². The number of ether oxygens (including phenoxy) is 1. The Labute approximate surface area is 116 Å². The molecule has 0 fully saturated rings. The topological polar surface area (TPSA) is 73.1 Å². The molecule has 0 aliphatic rings. The Morgan fingerprint density at radius 2 is 1.89 bits per heavy atom. The first kappa shape index (κ1) is 15.5. The number of aromatic nitrogens is 2. The van der Waals surface area contributed by atoms with Crippen molar-refractivity contribution < 1.29 is 4.74 Å². The third kappa shape index (κ3) is 4.93. The molecule has 0 atom stereocenters. The average molecular weight is 266 g/mol. The summed E-state index contributed by atoms with van der Waals surface area (Å²) in [4.78, 5) is 8.91. The summed E-state index contributed by atoms with van der Waals surface area (Å²) in [5.41, 5.74) is 6.55. The van der Waals surface area contributed by atoms with E-state index >= 15 is 0 Å². The molecular weight excluding hydrogens is 240 g/mol. The molecule has 0 aliphatic carbocycles. The Balaban J connectivity index is 3.06. The number of nitrogens with two attached hydrogens (primary N) is 1. The van der Waals surface area contributed by atoms with E-state index in [9.17, 15) is 0 Å². The predicted molar refractivity (Wildman–Crippen MR) is 79.5 cm³/mol. The second-order valence-electron chi connectivity index (χ2n) is 5.45. The van der Waals surface area contributed by atoms with E-state index in [4.69, 9.17) is 10.5 Å². The quantitative estimate of drug-likeness (QED) is 0.794. The van der Waals surface area contributed by atoms with Crippen molar-refractivity contribution in [3.63, 3.8) is 0 Å². The average Bonchev–Trinajstić information content (AvgIpc) is 2.30. The summed E-state index contributed by atoms with van der Waals surface area (Å²) < 4.78 is 5.61. The number of nitrogen functional groups attached to an aromatic ring is 1. The molecule has 5 nitrogen and oxygen atoms in total. The van der Waals surface area contributed by atoms with Crippen molar-refractivity contribution in [2.45, 2.75) is 53.5 Å². The minimum atomic E-state index is 0.267. The Hall–Kier alpha value is -1.52. The van der Waals surface area contributed by atoms with E-state index in [2.05, 4.69) is 49.9 Å². The van der Waals surface area contributed by atoms with Crippen LogP contribution in [0.25, 0.3) is 0 Å². The number of rotatable bonds is 7. The summed E-state index contributed by atoms with van der Waals surface area (Å²) in [5.74, 6) is 2.44. The minimum Gasteiger partial charge on any atom is -0.476 e. The summed E-state index contributed by atoms with van der Waals surface area (Å²) >= 11 is 0. The van der Waals surface area contributed by atoms with Gasteiger partial charge in [0.1, 0.15) is 11.5 Å². The lowest BCUT2D eigenvalue weighted by atomic mass is 10.1. The maximum absolute atomic E-state index is 6.06. The van der Waals surface area contributed by atoms with E-state index < -0.39 is 0 Å². The molecule has 108 valence electrons. The predicted octanol–water partition coefficient (Wildman–Crippen LogP) is 2.87. The molecule has 0 bridgehead atoms. The molecule has 0 saturated carbocycles. The maximum atomic E-state index is 6.06. The van der Waals surface area contributed by atoms with Gasteiger partial charge in [0.25, 0.3) is 0 Å². The number of nitrogens with zero attached hydrogens (tertiary/aromatic N) is 2. The van der Waals surface area contributed by atoms with Crippen LogP contribution in [0.1, 0.15) is 46.9 Å². The maximum Gasteiger partial charge on any atom is 0.242 e. The molecule has 1 aromatic rings. The van der Waals surface area contributed by atoms with Crippen molar-refractivity contribution in [3.05, 3.63) is 5.82 Å². The molecule has 1 heterocycles. The van der Waals surface area contributed by atoms with Crippen LogP contribution in [0.4, 0.5) is 11.5 Å². The van der Waals surface area contributed by atoms with Crippen LogP contribution >= 0.6 is 0 Å². The summed E-state index contributed by atoms with van der Waals surface area (Å²) in [6, 6.07) is 0.267. The first-order valence-corrected chi connectivity index (χ1v) is 6.99. The van der Waals surface area contributed by atoms with Crippen molar-refractivity contribution >= 4 is 11.5 Å². The molecular formula is C14H26N4O. The Morgan fingerprint density at radius 3 is 2.42 bits per heavy atom. The standard InChI is InChI=1S/C14H26N4O/c1-6-7-19-14-12(15)13(16-10(4)5)17-11(18-14)8-9(2)3/h9-10H,6-8,15H2,1-5H3,(H,16,17,18). The first-order chi connectivity index (χ1) is 8.93. The monoisotopic (exact) mass is 266 g/mol. The van der Waals surface area contributed by atoms with Gasteiger partial charge in [-0.05, 0) is 26.2 Å². The lowest BCUT2D eigenvalue weighted by Crippen LogP contribution is -2.16. The van der Waals surface area contributed by atoms with Crippen LogP contribution in [-0.2, 0) is 6.42 Å². The zero-order chi connectivity index (χ0) is 14.4. The largest absolute Gasteiger partial charge is 0.476 e. The lowest BCUT2D eigenvalue weighted by Gasteiger charge is -2.16. The molecule has 5 heteroatoms. The number of nitrogens with one attached hydrogen (secondary N) is 1. The molecule has 0 unspecified atom stereocenters. The van der Waals surface area contributed by atoms with Crippen molar-refractivity contribution in [2.24, 2.45) is 5.92 Å². The van der Waals surface area contributed by atoms with Gasteiger partial charge in [0.15, 0.2) is 5.82 Å². The van der Waals surface area contributed by atoms with Crippen molar-refractivity contribution in [1.82, 2.24) is 9.97 Å². The number of hydrogen-bond acceptors (Lipinski definition) is 5. The highest BCUT2D eigenvalue weighted by molar-refractivity contribution is 5.67. The van der Waals surface area contributed by atoms with Crippen LogP contribution in [0.3, 0.4) is 0 Å². The third-order valence-electron chi connectivity index (χ3n) is 2.42. The van der Waals surface area contributed by atoms with Gasteiger partial charge >= 0.3 is 0 Å². The molecule has 0 aromatic carbocycles. The summed E-state index contributed by atoms with van der Waals surface area (Å²) in [7, 11) is 0. The molecule has 0 aliphatic heterocycles. The van der Waals surface area contributed by atoms with E-state index in [1.807, 2.05) is 0 Å². The molecule has 0 saturated heterocycles. The zero-order valence-electron chi connectivity index (χ0n) is 12.7. The van der Waals surface area contributed by atoms with Crippen LogP contribution in [0, 0.1) is 5.92 Å². The number of hydrogen-bond donors (Lipinski definition) is 2. The normalized spacial score (nSPS) is 11.1. The van der Waals surface area contributed by atoms with Crippen LogP contribution in [0.2, 0.25) is 0 Å². The van der Waals surface area contributed by atoms with E-state index in [0.29, 0.717) is 29.9 Å². The van der Waals surface area contributed by atoms with Gasteiger partial charge in [0.05, 0.1) is 6.61 Å². The summed E-state index contributed by atoms with van der Waals surface area (Å²) in [6.07, 6.45) is 1.74. The second kappa shape index (κ2) is 7.16. The Bertz CT molecular complexity index is 405. The van der Waals surface area contributed by atoms with E-state index in [1.165, 1.54) is 0 Å². The number of anilines is 2. The van der Waals surface area contributed by atoms with Gasteiger partial charge < -0.3 is 15.8 Å². The van der Waals surface area contributed by atoms with E-state index in [-0.39, 0.29) is 6.04 Å². The van der Waals surface area contributed by atoms with Gasteiger partial charge in [0, 0.05) is 12.5 Å². The molecule has 19 heavy (non-hydrogen) atoms. The molecule has 1 aromatic heterocycles. The highest BCUT2D eigenvalue weighted by Gasteiger charge is 2.14. The summed E-state index contributed by atoms with van der Waals surface area (Å²) in [6.45, 7) is 11.1. The smallest absolute Gasteiger partial charge is 0.242 e. The molecule has 1 rings (SSSR count). The summed E-state index contributed by atoms with van der Waals surface area (Å²) in [5, 5.41) is 3.25. The van der Waals surface area contributed by atoms with Gasteiger partial charge in [-0.3, -0.25) is 0 Å². The zero-order valence-corrected chi connectivity index (χ0v) is 12.7. The Kier molecular flexibility index (Phi) is 5.86. The van der Waals surface area contributed by atoms with E-state index in [1.54, 1.807) is 0 Å². The van der Waals surface area contributed by atoms with Crippen LogP contribution in [0.5, 0.6) is 5.88 Å². The third-order valence-corrected chi connectivity index (χ3v) is 2.42. The van der Waals surface area contributed by atoms with Gasteiger partial charge in [-0.1, -0.05) is 20.8 Å². The first-order valence-electron chi connectivity index (χ1n) is 6.99. The molecule has 0 spiro atoms. The SMILES string of the molecule is CCCOc1nc(CC(C)C)nc(NC(C)C)c1N. The minimum absolute atomic E-state index is 0.267. The Morgan fingerprint density at radius 1 is 1.21 bits per heavy atom. The van der Waals surface area contributed by atoms with Gasteiger partial charge in [-0.25, -0.2) is 4.98 Å². The van der Waals surface area contributed by atoms with Gasteiger partial charge in [-0.15, -0.1) is 0 Å². The van der Waals surface area contributed by atoms with Crippen LogP contribution in [-0.4, -0.2) is 22.6 Å². The van der Waals surface area contributed by atoms with Gasteiger partial charge in [-0.2, -0.15) is 4.98 Å². The fourth-order valence-corrected chi connectivity index (χ4v) is 1.64. The van der Waals surface area contributed by atoms with Crippen molar-refractivity contribution in [2.75, 3.05) is 17.7 Å². The van der Waals surface area contributed by atoms with E-state index in [0.717, 1.165) is 18.7 Å². The second-order valence-corrected chi connectivity index (χ2v) is 5.45. The fourth-order valence-electron chi connectivity index (χ4n) is 1.64. The highest BCUT2D eigenvalue weighted by atomic mass is 16.5. The van der Waals surface area contributed by atoms with Gasteiger partial charge in [0.2, 0.25) is 5.88 Å². The fraction of sp³-hybridized carbons (Fsp3) is 0.714. The molecule has 0 radical (unpaired) electrons.